The van der Waals surface area contributed by atoms with Crippen molar-refractivity contribution in [3.63, 3.8) is 0 Å². The van der Waals surface area contributed by atoms with Crippen LogP contribution in [-0.2, 0) is 9.84 Å². The van der Waals surface area contributed by atoms with Crippen LogP contribution in [0.25, 0.3) is 0 Å². The van der Waals surface area contributed by atoms with Crippen molar-refractivity contribution in [1.82, 2.24) is 10.2 Å². The predicted molar refractivity (Wildman–Crippen MR) is 110 cm³/mol. The normalized spacial score (nSPS) is 32.5. The number of rotatable bonds is 3. The zero-order chi connectivity index (χ0) is 16.4. The van der Waals surface area contributed by atoms with E-state index < -0.39 is 9.84 Å². The van der Waals surface area contributed by atoms with Crippen LogP contribution in [0, 0.1) is 17.8 Å². The summed E-state index contributed by atoms with van der Waals surface area (Å²) in [7, 11) is -2.81. The summed E-state index contributed by atoms with van der Waals surface area (Å²) in [6, 6.07) is 0.351. The Morgan fingerprint density at radius 1 is 1.17 bits per heavy atom. The topological polar surface area (TPSA) is 61.8 Å². The summed E-state index contributed by atoms with van der Waals surface area (Å²) in [6.07, 6.45) is 6.23. The van der Waals surface area contributed by atoms with Gasteiger partial charge in [0.15, 0.2) is 15.8 Å². The van der Waals surface area contributed by atoms with E-state index in [-0.39, 0.29) is 29.9 Å². The molecule has 0 bridgehead atoms. The molecule has 0 amide bonds. The quantitative estimate of drug-likeness (QED) is 0.392. The van der Waals surface area contributed by atoms with Gasteiger partial charge in [0.05, 0.1) is 11.5 Å². The molecule has 3 rings (SSSR count). The van der Waals surface area contributed by atoms with E-state index in [1.54, 1.807) is 0 Å². The second-order valence-electron chi connectivity index (χ2n) is 7.94. The van der Waals surface area contributed by atoms with E-state index in [1.807, 2.05) is 0 Å². The van der Waals surface area contributed by atoms with Crippen molar-refractivity contribution in [2.75, 3.05) is 31.1 Å². The Bertz CT molecular complexity index is 536. The van der Waals surface area contributed by atoms with Crippen molar-refractivity contribution in [2.24, 2.45) is 22.7 Å². The van der Waals surface area contributed by atoms with Crippen LogP contribution in [0.15, 0.2) is 4.99 Å². The molecular weight excluding hydrogens is 437 g/mol. The molecule has 140 valence electrons. The minimum Gasteiger partial charge on any atom is -0.354 e. The summed E-state index contributed by atoms with van der Waals surface area (Å²) in [5.41, 5.74) is 0. The van der Waals surface area contributed by atoms with Gasteiger partial charge in [-0.25, -0.2) is 8.42 Å². The maximum Gasteiger partial charge on any atom is 0.194 e. The lowest BCUT2D eigenvalue weighted by Crippen LogP contribution is -2.43. The van der Waals surface area contributed by atoms with Crippen LogP contribution in [0.2, 0.25) is 0 Å². The van der Waals surface area contributed by atoms with Gasteiger partial charge in [0, 0.05) is 25.7 Å². The number of aliphatic imine (C=N–C) groups is 1. The Balaban J connectivity index is 0.00000208. The first-order valence-electron chi connectivity index (χ1n) is 9.19. The third-order valence-corrected chi connectivity index (χ3v) is 7.36. The first kappa shape index (κ1) is 20.3. The molecule has 2 saturated heterocycles. The molecule has 0 aromatic carbocycles. The van der Waals surface area contributed by atoms with Crippen molar-refractivity contribution in [3.05, 3.63) is 0 Å². The fourth-order valence-corrected chi connectivity index (χ4v) is 6.15. The van der Waals surface area contributed by atoms with Crippen LogP contribution in [0.1, 0.15) is 46.0 Å². The highest BCUT2D eigenvalue weighted by Crippen LogP contribution is 2.36. The lowest BCUT2D eigenvalue weighted by atomic mass is 9.82. The lowest BCUT2D eigenvalue weighted by molar-refractivity contribution is 0.299. The molecule has 5 nitrogen and oxygen atoms in total. The monoisotopic (exact) mass is 469 g/mol. The first-order chi connectivity index (χ1) is 10.9. The zero-order valence-corrected chi connectivity index (χ0v) is 18.1. The highest BCUT2D eigenvalue weighted by atomic mass is 127. The Labute approximate surface area is 164 Å². The van der Waals surface area contributed by atoms with E-state index in [4.69, 9.17) is 4.99 Å². The number of likely N-dealkylation sites (tertiary alicyclic amines) is 1. The van der Waals surface area contributed by atoms with E-state index >= 15 is 0 Å². The van der Waals surface area contributed by atoms with Gasteiger partial charge >= 0.3 is 0 Å². The number of fused-ring (bicyclic) bond motifs is 1. The molecule has 1 saturated carbocycles. The number of sulfone groups is 1. The summed E-state index contributed by atoms with van der Waals surface area (Å²) in [5.74, 6) is 3.52. The van der Waals surface area contributed by atoms with Gasteiger partial charge in [-0.1, -0.05) is 12.8 Å². The molecule has 1 aliphatic carbocycles. The SMILES string of the molecule is CC(C)NC(=NCC1CCS(=O)(=O)C1)N1CC2CCCCC2C1.I. The Morgan fingerprint density at radius 3 is 2.29 bits per heavy atom. The number of nitrogens with zero attached hydrogens (tertiary/aromatic N) is 2. The van der Waals surface area contributed by atoms with Gasteiger partial charge in [0.2, 0.25) is 0 Å². The van der Waals surface area contributed by atoms with Gasteiger partial charge in [0.25, 0.3) is 0 Å². The molecule has 0 aromatic heterocycles. The minimum atomic E-state index is -2.81. The number of nitrogens with one attached hydrogen (secondary N) is 1. The number of hydrogen-bond donors (Lipinski definition) is 1. The smallest absolute Gasteiger partial charge is 0.194 e. The average molecular weight is 469 g/mol. The van der Waals surface area contributed by atoms with E-state index in [1.165, 1.54) is 25.7 Å². The third-order valence-electron chi connectivity index (χ3n) is 5.52. The van der Waals surface area contributed by atoms with Crippen molar-refractivity contribution in [1.29, 1.82) is 0 Å². The third kappa shape index (κ3) is 5.22. The maximum absolute atomic E-state index is 11.6. The van der Waals surface area contributed by atoms with Crippen LogP contribution < -0.4 is 5.32 Å². The summed E-state index contributed by atoms with van der Waals surface area (Å²) >= 11 is 0. The van der Waals surface area contributed by atoms with E-state index in [0.717, 1.165) is 37.3 Å². The summed E-state index contributed by atoms with van der Waals surface area (Å²) < 4.78 is 23.2. The fourth-order valence-electron chi connectivity index (χ4n) is 4.31. The lowest BCUT2D eigenvalue weighted by Gasteiger charge is -2.24. The van der Waals surface area contributed by atoms with Crippen LogP contribution in [0.5, 0.6) is 0 Å². The predicted octanol–water partition coefficient (Wildman–Crippen LogP) is 2.52. The minimum absolute atomic E-state index is 0. The summed E-state index contributed by atoms with van der Waals surface area (Å²) in [5, 5.41) is 3.50. The molecule has 2 heterocycles. The van der Waals surface area contributed by atoms with Gasteiger partial charge in [-0.05, 0) is 50.9 Å². The number of guanidine groups is 1. The Morgan fingerprint density at radius 2 is 1.79 bits per heavy atom. The maximum atomic E-state index is 11.6. The van der Waals surface area contributed by atoms with Crippen molar-refractivity contribution < 1.29 is 8.42 Å². The molecule has 2 aliphatic heterocycles. The summed E-state index contributed by atoms with van der Waals surface area (Å²) in [4.78, 5) is 7.24. The standard InChI is InChI=1S/C17H31N3O2S.HI/c1-13(2)19-17(18-9-14-7-8-23(21,22)12-14)20-10-15-5-3-4-6-16(15)11-20;/h13-16H,3-12H2,1-2H3,(H,18,19);1H. The Hall–Kier alpha value is -0.0500. The largest absolute Gasteiger partial charge is 0.354 e. The zero-order valence-electron chi connectivity index (χ0n) is 14.9. The average Bonchev–Trinajstić information content (AvgIpc) is 3.06. The molecule has 3 aliphatic rings. The van der Waals surface area contributed by atoms with Gasteiger partial charge in [-0.15, -0.1) is 24.0 Å². The van der Waals surface area contributed by atoms with Crippen molar-refractivity contribution >= 4 is 39.8 Å². The highest BCUT2D eigenvalue weighted by Gasteiger charge is 2.36. The van der Waals surface area contributed by atoms with Crippen molar-refractivity contribution in [3.8, 4) is 0 Å². The van der Waals surface area contributed by atoms with Crippen LogP contribution in [-0.4, -0.2) is 56.5 Å². The second-order valence-corrected chi connectivity index (χ2v) is 10.2. The van der Waals surface area contributed by atoms with Crippen LogP contribution >= 0.6 is 24.0 Å². The molecule has 7 heteroatoms. The number of halogens is 1. The molecule has 0 radical (unpaired) electrons. The van der Waals surface area contributed by atoms with E-state index in [2.05, 4.69) is 24.1 Å². The molecule has 24 heavy (non-hydrogen) atoms. The number of hydrogen-bond acceptors (Lipinski definition) is 3. The summed E-state index contributed by atoms with van der Waals surface area (Å²) in [6.45, 7) is 7.15. The second kappa shape index (κ2) is 8.56. The van der Waals surface area contributed by atoms with Crippen LogP contribution in [0.3, 0.4) is 0 Å². The molecular formula is C17H32IN3O2S. The highest BCUT2D eigenvalue weighted by molar-refractivity contribution is 14.0. The molecule has 1 N–H and O–H groups in total. The molecule has 3 atom stereocenters. The van der Waals surface area contributed by atoms with E-state index in [9.17, 15) is 8.42 Å². The van der Waals surface area contributed by atoms with Crippen molar-refractivity contribution in [2.45, 2.75) is 52.0 Å². The Kier molecular flexibility index (Phi) is 7.22. The van der Waals surface area contributed by atoms with E-state index in [0.29, 0.717) is 24.1 Å². The molecule has 3 unspecified atom stereocenters. The fraction of sp³-hybridized carbons (Fsp3) is 0.941. The molecule has 0 spiro atoms. The van der Waals surface area contributed by atoms with Gasteiger partial charge in [-0.2, -0.15) is 0 Å². The first-order valence-corrected chi connectivity index (χ1v) is 11.0. The van der Waals surface area contributed by atoms with Gasteiger partial charge < -0.3 is 10.2 Å². The van der Waals surface area contributed by atoms with Gasteiger partial charge in [-0.3, -0.25) is 4.99 Å². The van der Waals surface area contributed by atoms with Crippen LogP contribution in [0.4, 0.5) is 0 Å². The van der Waals surface area contributed by atoms with Gasteiger partial charge in [0.1, 0.15) is 0 Å². The molecule has 0 aromatic rings. The molecule has 3 fully saturated rings.